The maximum absolute atomic E-state index is 12.1. The fourth-order valence-electron chi connectivity index (χ4n) is 2.40. The summed E-state index contributed by atoms with van der Waals surface area (Å²) in [5.41, 5.74) is 0.864. The summed E-state index contributed by atoms with van der Waals surface area (Å²) in [6.45, 7) is 0.534. The minimum absolute atomic E-state index is 0.155. The number of hydrogen-bond donors (Lipinski definition) is 2. The number of halogens is 1. The number of aromatic nitrogens is 2. The molecule has 2 N–H and O–H groups in total. The van der Waals surface area contributed by atoms with Crippen molar-refractivity contribution in [3.63, 3.8) is 0 Å². The van der Waals surface area contributed by atoms with Gasteiger partial charge in [0.05, 0.1) is 0 Å². The maximum Gasteiger partial charge on any atom is 0.309 e. The Labute approximate surface area is 159 Å². The van der Waals surface area contributed by atoms with E-state index in [1.807, 2.05) is 29.8 Å². The number of nitrogens with zero attached hydrogens (tertiary/aromatic N) is 2. The fourth-order valence-corrected chi connectivity index (χ4v) is 3.35. The monoisotopic (exact) mass is 388 g/mol. The molecule has 1 unspecified atom stereocenters. The Morgan fingerprint density at radius 3 is 2.54 bits per heavy atom. The molecule has 2 heterocycles. The molecule has 0 saturated carbocycles. The van der Waals surface area contributed by atoms with Gasteiger partial charge in [0.25, 0.3) is 0 Å². The van der Waals surface area contributed by atoms with Crippen LogP contribution in [0.4, 0.5) is 0 Å². The van der Waals surface area contributed by atoms with Gasteiger partial charge in [-0.25, -0.2) is 0 Å². The highest BCUT2D eigenvalue weighted by atomic mass is 35.5. The lowest BCUT2D eigenvalue weighted by Crippen LogP contribution is -2.41. The molecule has 2 amide bonds. The molecule has 1 atom stereocenters. The second kappa shape index (κ2) is 8.64. The van der Waals surface area contributed by atoms with Gasteiger partial charge in [-0.3, -0.25) is 14.3 Å². The second-order valence-electron chi connectivity index (χ2n) is 5.54. The van der Waals surface area contributed by atoms with E-state index in [1.165, 1.54) is 0 Å². The summed E-state index contributed by atoms with van der Waals surface area (Å²) in [5, 5.41) is 12.1. The van der Waals surface area contributed by atoms with Crippen molar-refractivity contribution in [2.24, 2.45) is 0 Å². The lowest BCUT2D eigenvalue weighted by molar-refractivity contribution is -0.139. The first-order chi connectivity index (χ1) is 12.6. The quantitative estimate of drug-likeness (QED) is 0.637. The van der Waals surface area contributed by atoms with Gasteiger partial charge in [-0.1, -0.05) is 29.8 Å². The molecule has 3 aromatic rings. The van der Waals surface area contributed by atoms with E-state index in [0.717, 1.165) is 10.4 Å². The molecule has 26 heavy (non-hydrogen) atoms. The topological polar surface area (TPSA) is 76.0 Å². The van der Waals surface area contributed by atoms with E-state index in [2.05, 4.69) is 15.7 Å². The summed E-state index contributed by atoms with van der Waals surface area (Å²) in [7, 11) is 0. The average Bonchev–Trinajstić information content (AvgIpc) is 3.35. The maximum atomic E-state index is 12.1. The average molecular weight is 389 g/mol. The molecule has 0 radical (unpaired) electrons. The van der Waals surface area contributed by atoms with Gasteiger partial charge in [-0.15, -0.1) is 11.3 Å². The van der Waals surface area contributed by atoms with Crippen LogP contribution in [0.1, 0.15) is 16.5 Å². The number of amides is 2. The predicted molar refractivity (Wildman–Crippen MR) is 101 cm³/mol. The molecule has 0 spiro atoms. The Hall–Kier alpha value is -2.64. The van der Waals surface area contributed by atoms with Gasteiger partial charge in [-0.05, 0) is 35.2 Å². The number of benzene rings is 1. The van der Waals surface area contributed by atoms with Gasteiger partial charge in [0.15, 0.2) is 0 Å². The highest BCUT2D eigenvalue weighted by Crippen LogP contribution is 2.21. The van der Waals surface area contributed by atoms with Crippen molar-refractivity contribution < 1.29 is 9.59 Å². The molecule has 6 nitrogen and oxygen atoms in total. The minimum Gasteiger partial charge on any atom is -0.345 e. The van der Waals surface area contributed by atoms with Crippen LogP contribution in [0.15, 0.2) is 60.2 Å². The predicted octanol–water partition coefficient (Wildman–Crippen LogP) is 2.62. The Morgan fingerprint density at radius 2 is 1.88 bits per heavy atom. The number of thiophene rings is 1. The molecule has 0 bridgehead atoms. The molecule has 0 fully saturated rings. The van der Waals surface area contributed by atoms with E-state index in [1.54, 1.807) is 46.5 Å². The first-order valence-electron chi connectivity index (χ1n) is 7.96. The first-order valence-corrected chi connectivity index (χ1v) is 9.22. The van der Waals surface area contributed by atoms with E-state index in [4.69, 9.17) is 11.6 Å². The molecule has 3 rings (SSSR count). The Bertz CT molecular complexity index is 814. The zero-order chi connectivity index (χ0) is 18.4. The van der Waals surface area contributed by atoms with Crippen molar-refractivity contribution in [3.8, 4) is 0 Å². The summed E-state index contributed by atoms with van der Waals surface area (Å²) in [6, 6.07) is 12.6. The van der Waals surface area contributed by atoms with Gasteiger partial charge < -0.3 is 10.6 Å². The number of carbonyl (C=O) groups is 2. The normalized spacial score (nSPS) is 11.7. The van der Waals surface area contributed by atoms with Gasteiger partial charge in [-0.2, -0.15) is 5.10 Å². The van der Waals surface area contributed by atoms with Crippen molar-refractivity contribution >= 4 is 34.8 Å². The van der Waals surface area contributed by atoms with Gasteiger partial charge in [0.2, 0.25) is 0 Å². The highest BCUT2D eigenvalue weighted by molar-refractivity contribution is 7.10. The third-order valence-corrected chi connectivity index (χ3v) is 4.97. The molecule has 1 aromatic carbocycles. The van der Waals surface area contributed by atoms with Crippen molar-refractivity contribution in [2.75, 3.05) is 6.54 Å². The molecule has 0 aliphatic rings. The van der Waals surface area contributed by atoms with Crippen molar-refractivity contribution in [1.82, 2.24) is 20.4 Å². The van der Waals surface area contributed by atoms with Gasteiger partial charge in [0, 0.05) is 35.4 Å². The minimum atomic E-state index is -0.676. The number of hydrogen-bond acceptors (Lipinski definition) is 4. The van der Waals surface area contributed by atoms with E-state index in [0.29, 0.717) is 5.02 Å². The third kappa shape index (κ3) is 4.71. The standard InChI is InChI=1S/C18H17ClN4O2S/c19-14-6-4-13(5-7-14)11-20-17(24)18(25)21-12-15(16-3-1-10-26-16)23-9-2-8-22-23/h1-10,15H,11-12H2,(H,20,24)(H,21,25). The third-order valence-electron chi connectivity index (χ3n) is 3.74. The Kier molecular flexibility index (Phi) is 6.04. The Morgan fingerprint density at radius 1 is 1.12 bits per heavy atom. The van der Waals surface area contributed by atoms with Crippen LogP contribution in [0.25, 0.3) is 0 Å². The lowest BCUT2D eigenvalue weighted by Gasteiger charge is -2.17. The summed E-state index contributed by atoms with van der Waals surface area (Å²) in [6.07, 6.45) is 3.51. The van der Waals surface area contributed by atoms with E-state index in [9.17, 15) is 9.59 Å². The van der Waals surface area contributed by atoms with Crippen LogP contribution in [0, 0.1) is 0 Å². The second-order valence-corrected chi connectivity index (χ2v) is 6.95. The van der Waals surface area contributed by atoms with Crippen LogP contribution in [0.5, 0.6) is 0 Å². The van der Waals surface area contributed by atoms with Crippen LogP contribution in [-0.4, -0.2) is 28.1 Å². The smallest absolute Gasteiger partial charge is 0.309 e. The number of rotatable bonds is 6. The largest absolute Gasteiger partial charge is 0.345 e. The van der Waals surface area contributed by atoms with Crippen LogP contribution < -0.4 is 10.6 Å². The highest BCUT2D eigenvalue weighted by Gasteiger charge is 2.19. The molecule has 2 aromatic heterocycles. The van der Waals surface area contributed by atoms with E-state index < -0.39 is 11.8 Å². The fraction of sp³-hybridized carbons (Fsp3) is 0.167. The van der Waals surface area contributed by atoms with E-state index in [-0.39, 0.29) is 19.1 Å². The SMILES string of the molecule is O=C(NCc1ccc(Cl)cc1)C(=O)NCC(c1cccs1)n1cccn1. The molecule has 0 saturated heterocycles. The lowest BCUT2D eigenvalue weighted by atomic mass is 10.2. The zero-order valence-electron chi connectivity index (χ0n) is 13.8. The number of nitrogens with one attached hydrogen (secondary N) is 2. The Balaban J connectivity index is 1.54. The number of carbonyl (C=O) groups excluding carboxylic acids is 2. The molecule has 8 heteroatoms. The zero-order valence-corrected chi connectivity index (χ0v) is 15.3. The van der Waals surface area contributed by atoms with E-state index >= 15 is 0 Å². The molecular formula is C18H17ClN4O2S. The van der Waals surface area contributed by atoms with Crippen molar-refractivity contribution in [2.45, 2.75) is 12.6 Å². The van der Waals surface area contributed by atoms with Crippen LogP contribution in [0.3, 0.4) is 0 Å². The van der Waals surface area contributed by atoms with Gasteiger partial charge >= 0.3 is 11.8 Å². The summed E-state index contributed by atoms with van der Waals surface area (Å²) < 4.78 is 1.76. The summed E-state index contributed by atoms with van der Waals surface area (Å²) >= 11 is 7.40. The van der Waals surface area contributed by atoms with Crippen molar-refractivity contribution in [3.05, 3.63) is 75.7 Å². The summed E-state index contributed by atoms with van der Waals surface area (Å²) in [5.74, 6) is -1.35. The van der Waals surface area contributed by atoms with Crippen LogP contribution in [-0.2, 0) is 16.1 Å². The van der Waals surface area contributed by atoms with Crippen LogP contribution in [0.2, 0.25) is 5.02 Å². The van der Waals surface area contributed by atoms with Crippen LogP contribution >= 0.6 is 22.9 Å². The summed E-state index contributed by atoms with van der Waals surface area (Å²) in [4.78, 5) is 25.1. The molecule has 134 valence electrons. The molecule has 0 aliphatic heterocycles. The van der Waals surface area contributed by atoms with Crippen molar-refractivity contribution in [1.29, 1.82) is 0 Å². The molecule has 0 aliphatic carbocycles. The molecular weight excluding hydrogens is 372 g/mol. The van der Waals surface area contributed by atoms with Gasteiger partial charge in [0.1, 0.15) is 6.04 Å². The first kappa shape index (κ1) is 18.2.